The van der Waals surface area contributed by atoms with E-state index in [-0.39, 0.29) is 0 Å². The average molecular weight is 240 g/mol. The summed E-state index contributed by atoms with van der Waals surface area (Å²) in [6.07, 6.45) is 6.27. The van der Waals surface area contributed by atoms with Crippen LogP contribution in [0, 0.1) is 0 Å². The van der Waals surface area contributed by atoms with Gasteiger partial charge in [-0.15, -0.1) is 0 Å². The van der Waals surface area contributed by atoms with Crippen LogP contribution in [0.15, 0.2) is 5.16 Å². The molecule has 2 fully saturated rings. The third-order valence-electron chi connectivity index (χ3n) is 4.06. The predicted octanol–water partition coefficient (Wildman–Crippen LogP) is 0.683. The van der Waals surface area contributed by atoms with Gasteiger partial charge in [0.2, 0.25) is 0 Å². The molecule has 1 heterocycles. The minimum absolute atomic E-state index is 0.336. The van der Waals surface area contributed by atoms with Crippen LogP contribution < -0.4 is 5.73 Å². The van der Waals surface area contributed by atoms with Crippen molar-refractivity contribution in [2.45, 2.75) is 38.1 Å². The lowest BCUT2D eigenvalue weighted by Crippen LogP contribution is -2.50. The lowest BCUT2D eigenvalue weighted by atomic mass is 10.2. The molecule has 5 heteroatoms. The number of amidine groups is 1. The molecule has 0 spiro atoms. The fourth-order valence-electron chi connectivity index (χ4n) is 2.94. The van der Waals surface area contributed by atoms with Gasteiger partial charge in [0, 0.05) is 45.2 Å². The molecule has 17 heavy (non-hydrogen) atoms. The van der Waals surface area contributed by atoms with E-state index in [1.807, 2.05) is 0 Å². The fourth-order valence-corrected chi connectivity index (χ4v) is 2.94. The largest absolute Gasteiger partial charge is 0.409 e. The molecule has 1 saturated carbocycles. The summed E-state index contributed by atoms with van der Waals surface area (Å²) < 4.78 is 0. The predicted molar refractivity (Wildman–Crippen MR) is 68.3 cm³/mol. The Bertz CT molecular complexity index is 255. The van der Waals surface area contributed by atoms with Crippen molar-refractivity contribution < 1.29 is 5.21 Å². The monoisotopic (exact) mass is 240 g/mol. The van der Waals surface area contributed by atoms with Crippen molar-refractivity contribution in [3.63, 3.8) is 0 Å². The second-order valence-electron chi connectivity index (χ2n) is 5.16. The summed E-state index contributed by atoms with van der Waals surface area (Å²) in [5.41, 5.74) is 5.48. The van der Waals surface area contributed by atoms with Crippen molar-refractivity contribution in [1.82, 2.24) is 9.80 Å². The van der Waals surface area contributed by atoms with Gasteiger partial charge in [0.1, 0.15) is 5.84 Å². The zero-order valence-corrected chi connectivity index (χ0v) is 10.5. The molecule has 0 aromatic carbocycles. The Balaban J connectivity index is 1.67. The normalized spacial score (nSPS) is 25.5. The summed E-state index contributed by atoms with van der Waals surface area (Å²) in [5, 5.41) is 11.5. The molecule has 0 aromatic rings. The Hall–Kier alpha value is -0.810. The van der Waals surface area contributed by atoms with Gasteiger partial charge in [0.05, 0.1) is 0 Å². The van der Waals surface area contributed by atoms with Crippen LogP contribution in [0.4, 0.5) is 0 Å². The molecule has 0 aromatic heterocycles. The minimum Gasteiger partial charge on any atom is -0.409 e. The van der Waals surface area contributed by atoms with Crippen molar-refractivity contribution in [2.24, 2.45) is 10.9 Å². The quantitative estimate of drug-likeness (QED) is 0.328. The molecule has 1 saturated heterocycles. The van der Waals surface area contributed by atoms with E-state index >= 15 is 0 Å². The Morgan fingerprint density at radius 2 is 1.82 bits per heavy atom. The maximum absolute atomic E-state index is 8.49. The zero-order valence-electron chi connectivity index (χ0n) is 10.5. The molecular weight excluding hydrogens is 216 g/mol. The van der Waals surface area contributed by atoms with Gasteiger partial charge in [-0.2, -0.15) is 0 Å². The number of hydrogen-bond acceptors (Lipinski definition) is 4. The number of rotatable bonds is 4. The third-order valence-corrected chi connectivity index (χ3v) is 4.06. The molecule has 1 aliphatic heterocycles. The van der Waals surface area contributed by atoms with E-state index in [4.69, 9.17) is 10.9 Å². The Labute approximate surface area is 103 Å². The maximum atomic E-state index is 8.49. The van der Waals surface area contributed by atoms with Gasteiger partial charge in [0.25, 0.3) is 0 Å². The number of piperazine rings is 1. The Morgan fingerprint density at radius 3 is 2.41 bits per heavy atom. The van der Waals surface area contributed by atoms with Crippen LogP contribution in [0.1, 0.15) is 32.1 Å². The van der Waals surface area contributed by atoms with Crippen molar-refractivity contribution in [2.75, 3.05) is 32.7 Å². The molecule has 3 N–H and O–H groups in total. The standard InChI is InChI=1S/C12H24N4O/c13-12(14-17)5-6-15-7-9-16(10-8-15)11-3-1-2-4-11/h11,17H,1-10H2,(H2,13,14). The molecule has 0 unspecified atom stereocenters. The smallest absolute Gasteiger partial charge is 0.140 e. The first-order valence-electron chi connectivity index (χ1n) is 6.72. The fraction of sp³-hybridized carbons (Fsp3) is 0.917. The molecule has 0 amide bonds. The summed E-state index contributed by atoms with van der Waals surface area (Å²) >= 11 is 0. The average Bonchev–Trinajstić information content (AvgIpc) is 2.90. The highest BCUT2D eigenvalue weighted by Gasteiger charge is 2.25. The first-order valence-corrected chi connectivity index (χ1v) is 6.72. The highest BCUT2D eigenvalue weighted by Crippen LogP contribution is 2.24. The van der Waals surface area contributed by atoms with Crippen LogP contribution in [-0.2, 0) is 0 Å². The van der Waals surface area contributed by atoms with Crippen LogP contribution >= 0.6 is 0 Å². The van der Waals surface area contributed by atoms with Gasteiger partial charge in [-0.25, -0.2) is 0 Å². The third kappa shape index (κ3) is 3.57. The van der Waals surface area contributed by atoms with Crippen molar-refractivity contribution >= 4 is 5.84 Å². The molecule has 5 nitrogen and oxygen atoms in total. The number of oxime groups is 1. The first-order chi connectivity index (χ1) is 8.29. The van der Waals surface area contributed by atoms with Crippen LogP contribution in [-0.4, -0.2) is 59.6 Å². The number of hydrogen-bond donors (Lipinski definition) is 2. The molecule has 2 rings (SSSR count). The van der Waals surface area contributed by atoms with Crippen LogP contribution in [0.3, 0.4) is 0 Å². The molecule has 98 valence electrons. The highest BCUT2D eigenvalue weighted by molar-refractivity contribution is 5.79. The second-order valence-corrected chi connectivity index (χ2v) is 5.16. The molecule has 0 radical (unpaired) electrons. The van der Waals surface area contributed by atoms with Crippen molar-refractivity contribution in [3.8, 4) is 0 Å². The minimum atomic E-state index is 0.336. The van der Waals surface area contributed by atoms with Gasteiger partial charge in [-0.3, -0.25) is 4.90 Å². The number of nitrogens with zero attached hydrogens (tertiary/aromatic N) is 3. The van der Waals surface area contributed by atoms with Crippen molar-refractivity contribution in [3.05, 3.63) is 0 Å². The maximum Gasteiger partial charge on any atom is 0.140 e. The van der Waals surface area contributed by atoms with E-state index in [1.54, 1.807) is 0 Å². The first kappa shape index (κ1) is 12.6. The second kappa shape index (κ2) is 6.21. The van der Waals surface area contributed by atoms with Crippen LogP contribution in [0.2, 0.25) is 0 Å². The zero-order chi connectivity index (χ0) is 12.1. The van der Waals surface area contributed by atoms with Crippen LogP contribution in [0.25, 0.3) is 0 Å². The van der Waals surface area contributed by atoms with E-state index in [1.165, 1.54) is 38.8 Å². The van der Waals surface area contributed by atoms with E-state index in [2.05, 4.69) is 15.0 Å². The van der Waals surface area contributed by atoms with E-state index in [9.17, 15) is 0 Å². The summed E-state index contributed by atoms with van der Waals surface area (Å²) in [7, 11) is 0. The summed E-state index contributed by atoms with van der Waals surface area (Å²) in [4.78, 5) is 5.05. The highest BCUT2D eigenvalue weighted by atomic mass is 16.4. The lowest BCUT2D eigenvalue weighted by molar-refractivity contribution is 0.0995. The molecule has 2 aliphatic rings. The number of nitrogens with two attached hydrogens (primary N) is 1. The van der Waals surface area contributed by atoms with Gasteiger partial charge in [-0.05, 0) is 12.8 Å². The summed E-state index contributed by atoms with van der Waals surface area (Å²) in [6, 6.07) is 0.848. The summed E-state index contributed by atoms with van der Waals surface area (Å²) in [5.74, 6) is 0.336. The van der Waals surface area contributed by atoms with E-state index in [0.717, 1.165) is 25.7 Å². The van der Waals surface area contributed by atoms with Crippen LogP contribution in [0.5, 0.6) is 0 Å². The van der Waals surface area contributed by atoms with E-state index in [0.29, 0.717) is 12.3 Å². The molecule has 1 aliphatic carbocycles. The van der Waals surface area contributed by atoms with Gasteiger partial charge < -0.3 is 15.8 Å². The Kier molecular flexibility index (Phi) is 4.62. The van der Waals surface area contributed by atoms with Crippen molar-refractivity contribution in [1.29, 1.82) is 0 Å². The Morgan fingerprint density at radius 1 is 1.18 bits per heavy atom. The molecular formula is C12H24N4O. The van der Waals surface area contributed by atoms with Gasteiger partial charge >= 0.3 is 0 Å². The summed E-state index contributed by atoms with van der Waals surface area (Å²) in [6.45, 7) is 5.51. The van der Waals surface area contributed by atoms with E-state index < -0.39 is 0 Å². The SMILES string of the molecule is NC(CCN1CCN(C2CCCC2)CC1)=NO. The topological polar surface area (TPSA) is 65.1 Å². The molecule has 0 atom stereocenters. The van der Waals surface area contributed by atoms with Gasteiger partial charge in [0.15, 0.2) is 0 Å². The molecule has 0 bridgehead atoms. The lowest BCUT2D eigenvalue weighted by Gasteiger charge is -2.38. The van der Waals surface area contributed by atoms with Gasteiger partial charge in [-0.1, -0.05) is 18.0 Å².